The van der Waals surface area contributed by atoms with Crippen LogP contribution in [0, 0.1) is 5.92 Å². The zero-order valence-corrected chi connectivity index (χ0v) is 17.1. The van der Waals surface area contributed by atoms with E-state index in [0.717, 1.165) is 29.5 Å². The number of hydrogen-bond donors (Lipinski definition) is 1. The molecule has 28 heavy (non-hydrogen) atoms. The van der Waals surface area contributed by atoms with Crippen LogP contribution >= 0.6 is 11.6 Å². The average Bonchev–Trinajstić information content (AvgIpc) is 3.34. The second kappa shape index (κ2) is 7.44. The molecule has 0 saturated heterocycles. The first-order chi connectivity index (χ1) is 13.8. The van der Waals surface area contributed by atoms with Crippen LogP contribution in [-0.4, -0.2) is 24.3 Å². The molecule has 2 aromatic rings. The first-order valence-electron chi connectivity index (χ1n) is 10.7. The van der Waals surface area contributed by atoms with Gasteiger partial charge in [-0.25, -0.2) is 0 Å². The van der Waals surface area contributed by atoms with Gasteiger partial charge in [0.15, 0.2) is 0 Å². The molecule has 0 amide bonds. The molecule has 4 heteroatoms. The van der Waals surface area contributed by atoms with E-state index in [4.69, 9.17) is 16.6 Å². The second-order valence-corrected chi connectivity index (χ2v) is 8.87. The van der Waals surface area contributed by atoms with Crippen molar-refractivity contribution >= 4 is 34.4 Å². The summed E-state index contributed by atoms with van der Waals surface area (Å²) in [5.41, 5.74) is 5.28. The number of anilines is 2. The molecule has 1 spiro atoms. The third-order valence-corrected chi connectivity index (χ3v) is 7.14. The van der Waals surface area contributed by atoms with Crippen molar-refractivity contribution in [3.8, 4) is 0 Å². The number of fused-ring (bicyclic) bond motifs is 3. The van der Waals surface area contributed by atoms with Gasteiger partial charge < -0.3 is 10.2 Å². The molecule has 0 aromatic heterocycles. The highest BCUT2D eigenvalue weighted by Gasteiger charge is 2.50. The predicted octanol–water partition coefficient (Wildman–Crippen LogP) is 6.46. The summed E-state index contributed by atoms with van der Waals surface area (Å²) >= 11 is 6.15. The molecular formula is C24H28ClN3. The van der Waals surface area contributed by atoms with Gasteiger partial charge in [-0.3, -0.25) is 4.99 Å². The number of nitrogens with zero attached hydrogens (tertiary/aromatic N) is 2. The topological polar surface area (TPSA) is 27.6 Å². The predicted molar refractivity (Wildman–Crippen MR) is 119 cm³/mol. The number of halogens is 1. The van der Waals surface area contributed by atoms with Gasteiger partial charge in [0.05, 0.1) is 11.4 Å². The molecule has 0 radical (unpaired) electrons. The molecule has 2 saturated carbocycles. The fourth-order valence-corrected chi connectivity index (χ4v) is 5.96. The third-order valence-electron chi connectivity index (χ3n) is 6.91. The lowest BCUT2D eigenvalue weighted by Gasteiger charge is -2.46. The van der Waals surface area contributed by atoms with Crippen LogP contribution in [0.25, 0.3) is 0 Å². The highest BCUT2D eigenvalue weighted by atomic mass is 35.5. The Balaban J connectivity index is 1.47. The normalized spacial score (nSPS) is 22.5. The van der Waals surface area contributed by atoms with Gasteiger partial charge in [0.1, 0.15) is 0 Å². The lowest BCUT2D eigenvalue weighted by Crippen LogP contribution is -2.54. The van der Waals surface area contributed by atoms with Crippen molar-refractivity contribution in [2.45, 2.75) is 50.5 Å². The Bertz CT molecular complexity index is 885. The van der Waals surface area contributed by atoms with E-state index >= 15 is 0 Å². The lowest BCUT2D eigenvalue weighted by atomic mass is 9.78. The molecule has 2 fully saturated rings. The van der Waals surface area contributed by atoms with Crippen molar-refractivity contribution in [1.29, 1.82) is 0 Å². The average molecular weight is 394 g/mol. The molecule has 1 atom stereocenters. The van der Waals surface area contributed by atoms with Crippen molar-refractivity contribution < 1.29 is 0 Å². The van der Waals surface area contributed by atoms with Gasteiger partial charge in [0.2, 0.25) is 0 Å². The fraction of sp³-hybridized carbons (Fsp3) is 0.458. The second-order valence-electron chi connectivity index (χ2n) is 8.44. The Kier molecular flexibility index (Phi) is 4.80. The summed E-state index contributed by atoms with van der Waals surface area (Å²) in [7, 11) is 0. The van der Waals surface area contributed by atoms with E-state index in [1.165, 1.54) is 56.3 Å². The zero-order valence-electron chi connectivity index (χ0n) is 16.3. The Morgan fingerprint density at radius 3 is 2.79 bits per heavy atom. The van der Waals surface area contributed by atoms with E-state index in [1.807, 2.05) is 18.2 Å². The van der Waals surface area contributed by atoms with E-state index in [2.05, 4.69) is 40.5 Å². The van der Waals surface area contributed by atoms with Crippen LogP contribution in [0.2, 0.25) is 5.02 Å². The Hall–Kier alpha value is -2.00. The summed E-state index contributed by atoms with van der Waals surface area (Å²) in [6, 6.07) is 16.8. The molecule has 1 N–H and O–H groups in total. The molecule has 3 nitrogen and oxygen atoms in total. The van der Waals surface area contributed by atoms with Crippen LogP contribution in [0.1, 0.15) is 44.9 Å². The number of nitrogens with one attached hydrogen (secondary N) is 1. The number of hydrogen-bond acceptors (Lipinski definition) is 3. The van der Waals surface area contributed by atoms with Crippen LogP contribution in [-0.2, 0) is 0 Å². The molecule has 2 aliphatic carbocycles. The first kappa shape index (κ1) is 18.1. The summed E-state index contributed by atoms with van der Waals surface area (Å²) < 4.78 is 0. The van der Waals surface area contributed by atoms with Gasteiger partial charge in [-0.05, 0) is 62.4 Å². The smallest absolute Gasteiger partial charge is 0.0862 e. The highest BCUT2D eigenvalue weighted by molar-refractivity contribution is 6.30. The van der Waals surface area contributed by atoms with Gasteiger partial charge in [-0.2, -0.15) is 0 Å². The quantitative estimate of drug-likeness (QED) is 0.645. The van der Waals surface area contributed by atoms with Crippen molar-refractivity contribution in [2.24, 2.45) is 10.9 Å². The maximum atomic E-state index is 6.15. The van der Waals surface area contributed by atoms with E-state index < -0.39 is 0 Å². The number of rotatable bonds is 4. The Morgan fingerprint density at radius 1 is 1.07 bits per heavy atom. The summed E-state index contributed by atoms with van der Waals surface area (Å²) in [6.07, 6.45) is 9.03. The van der Waals surface area contributed by atoms with Crippen molar-refractivity contribution in [3.05, 3.63) is 53.6 Å². The molecule has 1 unspecified atom stereocenters. The molecule has 5 rings (SSSR count). The molecule has 146 valence electrons. The molecule has 0 bridgehead atoms. The van der Waals surface area contributed by atoms with Crippen LogP contribution in [0.4, 0.5) is 17.1 Å². The third kappa shape index (κ3) is 3.10. The Labute approximate surface area is 172 Å². The number of aliphatic imine (C=N–C) groups is 1. The fourth-order valence-electron chi connectivity index (χ4n) is 5.77. The molecule has 2 aromatic carbocycles. The summed E-state index contributed by atoms with van der Waals surface area (Å²) in [5, 5.41) is 4.37. The monoisotopic (exact) mass is 393 g/mol. The van der Waals surface area contributed by atoms with Gasteiger partial charge >= 0.3 is 0 Å². The highest BCUT2D eigenvalue weighted by Crippen LogP contribution is 2.52. The van der Waals surface area contributed by atoms with Crippen molar-refractivity contribution in [1.82, 2.24) is 0 Å². The Morgan fingerprint density at radius 2 is 1.93 bits per heavy atom. The molecule has 3 aliphatic rings. The minimum absolute atomic E-state index is 0.248. The van der Waals surface area contributed by atoms with Gasteiger partial charge in [-0.15, -0.1) is 0 Å². The molecule has 1 heterocycles. The van der Waals surface area contributed by atoms with Gasteiger partial charge in [0, 0.05) is 41.0 Å². The van der Waals surface area contributed by atoms with Crippen LogP contribution in [0.3, 0.4) is 0 Å². The van der Waals surface area contributed by atoms with Gasteiger partial charge in [-0.1, -0.05) is 42.6 Å². The summed E-state index contributed by atoms with van der Waals surface area (Å²) in [5.74, 6) is 0.619. The SMILES string of the molecule is Clc1cccc(NCCN2c3ccccc3N=C3CCCC3C23CCCC3)c1. The molecular weight excluding hydrogens is 366 g/mol. The van der Waals surface area contributed by atoms with E-state index in [-0.39, 0.29) is 5.54 Å². The van der Waals surface area contributed by atoms with Crippen LogP contribution in [0.15, 0.2) is 53.5 Å². The largest absolute Gasteiger partial charge is 0.383 e. The molecule has 1 aliphatic heterocycles. The maximum Gasteiger partial charge on any atom is 0.0862 e. The van der Waals surface area contributed by atoms with E-state index in [9.17, 15) is 0 Å². The van der Waals surface area contributed by atoms with Crippen LogP contribution in [0.5, 0.6) is 0 Å². The van der Waals surface area contributed by atoms with Crippen molar-refractivity contribution in [3.63, 3.8) is 0 Å². The minimum Gasteiger partial charge on any atom is -0.383 e. The lowest BCUT2D eigenvalue weighted by molar-refractivity contribution is 0.316. The van der Waals surface area contributed by atoms with Gasteiger partial charge in [0.25, 0.3) is 0 Å². The van der Waals surface area contributed by atoms with E-state index in [0.29, 0.717) is 5.92 Å². The maximum absolute atomic E-state index is 6.15. The number of benzene rings is 2. The number of para-hydroxylation sites is 2. The zero-order chi connectivity index (χ0) is 19.0. The summed E-state index contributed by atoms with van der Waals surface area (Å²) in [4.78, 5) is 7.91. The minimum atomic E-state index is 0.248. The van der Waals surface area contributed by atoms with Crippen molar-refractivity contribution in [2.75, 3.05) is 23.3 Å². The van der Waals surface area contributed by atoms with Crippen LogP contribution < -0.4 is 10.2 Å². The summed E-state index contributed by atoms with van der Waals surface area (Å²) in [6.45, 7) is 1.89. The van der Waals surface area contributed by atoms with E-state index in [1.54, 1.807) is 0 Å². The first-order valence-corrected chi connectivity index (χ1v) is 11.1. The standard InChI is InChI=1S/C24H28ClN3/c25-18-7-5-8-19(17-18)26-15-16-28-23-12-2-1-10-22(23)27-21-11-6-9-20(21)24(28)13-3-4-14-24/h1-2,5,7-8,10,12,17,20,26H,3-4,6,9,11,13-16H2.